The van der Waals surface area contributed by atoms with E-state index in [-0.39, 0.29) is 5.69 Å². The van der Waals surface area contributed by atoms with Crippen LogP contribution in [0.15, 0.2) is 40.9 Å². The zero-order chi connectivity index (χ0) is 15.0. The second-order valence-electron chi connectivity index (χ2n) is 4.22. The van der Waals surface area contributed by atoms with E-state index in [0.717, 1.165) is 0 Å². The molecule has 0 aliphatic carbocycles. The lowest BCUT2D eigenvalue weighted by Gasteiger charge is -2.08. The van der Waals surface area contributed by atoms with Crippen LogP contribution in [0, 0.1) is 5.82 Å². The number of halogens is 3. The summed E-state index contributed by atoms with van der Waals surface area (Å²) < 4.78 is 16.0. The summed E-state index contributed by atoms with van der Waals surface area (Å²) >= 11 is 9.15. The molecule has 0 unspecified atom stereocenters. The molecule has 1 aromatic heterocycles. The van der Waals surface area contributed by atoms with Crippen molar-refractivity contribution < 1.29 is 4.39 Å². The molecule has 0 aliphatic heterocycles. The molecule has 8 heteroatoms. The van der Waals surface area contributed by atoms with Gasteiger partial charge in [-0.3, -0.25) is 0 Å². The molecule has 0 saturated heterocycles. The Balaban J connectivity index is 2.20. The molecule has 0 fully saturated rings. The van der Waals surface area contributed by atoms with Crippen LogP contribution >= 0.6 is 27.5 Å². The van der Waals surface area contributed by atoms with Gasteiger partial charge in [0.1, 0.15) is 11.5 Å². The van der Waals surface area contributed by atoms with Crippen molar-refractivity contribution >= 4 is 33.2 Å². The molecule has 106 valence electrons. The van der Waals surface area contributed by atoms with E-state index >= 15 is 0 Å². The van der Waals surface area contributed by atoms with Crippen molar-refractivity contribution in [2.45, 2.75) is 0 Å². The zero-order valence-corrected chi connectivity index (χ0v) is 12.8. The average Bonchev–Trinajstić information content (AvgIpc) is 2.91. The van der Waals surface area contributed by atoms with Crippen LogP contribution in [0.1, 0.15) is 0 Å². The molecule has 2 aromatic carbocycles. The lowest BCUT2D eigenvalue weighted by molar-refractivity contribution is 0.608. The van der Waals surface area contributed by atoms with Gasteiger partial charge in [0.15, 0.2) is 5.82 Å². The fourth-order valence-corrected chi connectivity index (χ4v) is 2.49. The molecule has 1 heterocycles. The molecule has 0 amide bonds. The Bertz CT molecular complexity index is 820. The van der Waals surface area contributed by atoms with E-state index in [0.29, 0.717) is 26.6 Å². The molecule has 0 spiro atoms. The molecule has 21 heavy (non-hydrogen) atoms. The van der Waals surface area contributed by atoms with Crippen LogP contribution in [0.2, 0.25) is 5.02 Å². The van der Waals surface area contributed by atoms with Crippen LogP contribution in [0.5, 0.6) is 0 Å². The van der Waals surface area contributed by atoms with Crippen LogP contribution in [0.3, 0.4) is 0 Å². The third-order valence-corrected chi connectivity index (χ3v) is 4.00. The molecular formula is C13H8BrClFN5. The van der Waals surface area contributed by atoms with Crippen LogP contribution in [-0.4, -0.2) is 20.2 Å². The summed E-state index contributed by atoms with van der Waals surface area (Å²) in [4.78, 5) is 0. The fourth-order valence-electron chi connectivity index (χ4n) is 1.89. The van der Waals surface area contributed by atoms with Gasteiger partial charge in [-0.15, -0.1) is 5.10 Å². The number of hydrogen-bond donors (Lipinski definition) is 1. The first-order valence-corrected chi connectivity index (χ1v) is 7.03. The predicted molar refractivity (Wildman–Crippen MR) is 81.7 cm³/mol. The van der Waals surface area contributed by atoms with Gasteiger partial charge in [-0.2, -0.15) is 4.68 Å². The minimum atomic E-state index is -0.518. The van der Waals surface area contributed by atoms with E-state index in [9.17, 15) is 4.39 Å². The topological polar surface area (TPSA) is 69.6 Å². The molecule has 0 atom stereocenters. The Morgan fingerprint density at radius 1 is 1.24 bits per heavy atom. The maximum Gasteiger partial charge on any atom is 0.188 e. The lowest BCUT2D eigenvalue weighted by Crippen LogP contribution is -2.03. The highest BCUT2D eigenvalue weighted by Crippen LogP contribution is 2.32. The van der Waals surface area contributed by atoms with Gasteiger partial charge in [0.05, 0.1) is 4.47 Å². The molecular weight excluding hydrogens is 361 g/mol. The molecule has 3 aromatic rings. The van der Waals surface area contributed by atoms with Gasteiger partial charge in [-0.25, -0.2) is 4.39 Å². The third-order valence-electron chi connectivity index (χ3n) is 2.88. The number of benzene rings is 2. The SMILES string of the molecule is Nc1cccc(-c2nnnn2-c2ccc(Cl)cc2F)c1Br. The average molecular weight is 369 g/mol. The number of nitrogens with two attached hydrogens (primary N) is 1. The normalized spacial score (nSPS) is 10.8. The fraction of sp³-hybridized carbons (Fsp3) is 0. The number of nitrogen functional groups attached to an aromatic ring is 1. The maximum atomic E-state index is 14.1. The molecule has 0 bridgehead atoms. The summed E-state index contributed by atoms with van der Waals surface area (Å²) in [7, 11) is 0. The Hall–Kier alpha value is -1.99. The molecule has 2 N–H and O–H groups in total. The summed E-state index contributed by atoms with van der Waals surface area (Å²) in [5.74, 6) is -0.147. The Kier molecular flexibility index (Phi) is 3.60. The Morgan fingerprint density at radius 2 is 2.05 bits per heavy atom. The number of tetrazole rings is 1. The predicted octanol–water partition coefficient (Wildman–Crippen LogP) is 3.47. The lowest BCUT2D eigenvalue weighted by atomic mass is 10.2. The smallest absolute Gasteiger partial charge is 0.188 e. The molecule has 0 saturated carbocycles. The van der Waals surface area contributed by atoms with Crippen molar-refractivity contribution in [3.05, 3.63) is 51.7 Å². The zero-order valence-electron chi connectivity index (χ0n) is 10.5. The highest BCUT2D eigenvalue weighted by molar-refractivity contribution is 9.10. The maximum absolute atomic E-state index is 14.1. The third kappa shape index (κ3) is 2.50. The van der Waals surface area contributed by atoms with Crippen molar-refractivity contribution in [2.75, 3.05) is 5.73 Å². The van der Waals surface area contributed by atoms with E-state index in [1.165, 1.54) is 16.8 Å². The monoisotopic (exact) mass is 367 g/mol. The van der Waals surface area contributed by atoms with E-state index < -0.39 is 5.82 Å². The van der Waals surface area contributed by atoms with Gasteiger partial charge < -0.3 is 5.73 Å². The van der Waals surface area contributed by atoms with Gasteiger partial charge in [-0.05, 0) is 56.7 Å². The number of aromatic nitrogens is 4. The summed E-state index contributed by atoms with van der Waals surface area (Å²) in [5, 5.41) is 11.7. The quantitative estimate of drug-likeness (QED) is 0.703. The van der Waals surface area contributed by atoms with E-state index in [4.69, 9.17) is 17.3 Å². The van der Waals surface area contributed by atoms with Crippen LogP contribution < -0.4 is 5.73 Å². The highest BCUT2D eigenvalue weighted by atomic mass is 79.9. The largest absolute Gasteiger partial charge is 0.398 e. The van der Waals surface area contributed by atoms with Crippen LogP contribution in [0.4, 0.5) is 10.1 Å². The first kappa shape index (κ1) is 14.0. The first-order chi connectivity index (χ1) is 10.1. The second kappa shape index (κ2) is 5.42. The van der Waals surface area contributed by atoms with Crippen molar-refractivity contribution in [3.63, 3.8) is 0 Å². The van der Waals surface area contributed by atoms with Crippen molar-refractivity contribution in [1.82, 2.24) is 20.2 Å². The van der Waals surface area contributed by atoms with Crippen molar-refractivity contribution in [3.8, 4) is 17.1 Å². The van der Waals surface area contributed by atoms with Gasteiger partial charge in [-0.1, -0.05) is 17.7 Å². The molecule has 0 aliphatic rings. The summed E-state index contributed by atoms with van der Waals surface area (Å²) in [6.45, 7) is 0. The van der Waals surface area contributed by atoms with Gasteiger partial charge >= 0.3 is 0 Å². The Labute approximate surface area is 132 Å². The van der Waals surface area contributed by atoms with Gasteiger partial charge in [0.25, 0.3) is 0 Å². The number of rotatable bonds is 2. The van der Waals surface area contributed by atoms with E-state index in [1.807, 2.05) is 0 Å². The second-order valence-corrected chi connectivity index (χ2v) is 5.45. The van der Waals surface area contributed by atoms with Crippen LogP contribution in [0.25, 0.3) is 17.1 Å². The summed E-state index contributed by atoms with van der Waals surface area (Å²) in [5.41, 5.74) is 7.25. The number of nitrogens with zero attached hydrogens (tertiary/aromatic N) is 4. The molecule has 5 nitrogen and oxygen atoms in total. The molecule has 0 radical (unpaired) electrons. The summed E-state index contributed by atoms with van der Waals surface area (Å²) in [6.07, 6.45) is 0. The van der Waals surface area contributed by atoms with E-state index in [1.54, 1.807) is 24.3 Å². The highest BCUT2D eigenvalue weighted by Gasteiger charge is 2.17. The Morgan fingerprint density at radius 3 is 2.81 bits per heavy atom. The van der Waals surface area contributed by atoms with Gasteiger partial charge in [0.2, 0.25) is 0 Å². The summed E-state index contributed by atoms with van der Waals surface area (Å²) in [6, 6.07) is 9.59. The van der Waals surface area contributed by atoms with E-state index in [2.05, 4.69) is 31.5 Å². The minimum absolute atomic E-state index is 0.203. The minimum Gasteiger partial charge on any atom is -0.398 e. The van der Waals surface area contributed by atoms with Crippen LogP contribution in [-0.2, 0) is 0 Å². The van der Waals surface area contributed by atoms with Gasteiger partial charge in [0, 0.05) is 16.3 Å². The van der Waals surface area contributed by atoms with Crippen molar-refractivity contribution in [1.29, 1.82) is 0 Å². The van der Waals surface area contributed by atoms with Crippen molar-refractivity contribution in [2.24, 2.45) is 0 Å². The number of anilines is 1. The standard InChI is InChI=1S/C13H8BrClFN5/c14-12-8(2-1-3-10(12)17)13-18-19-20-21(13)11-5-4-7(15)6-9(11)16/h1-6H,17H2. The number of hydrogen-bond acceptors (Lipinski definition) is 4. The first-order valence-electron chi connectivity index (χ1n) is 5.86. The molecule has 3 rings (SSSR count).